The summed E-state index contributed by atoms with van der Waals surface area (Å²) in [5, 5.41) is 0. The molecule has 11 heavy (non-hydrogen) atoms. The molecule has 0 heterocycles. The predicted molar refractivity (Wildman–Crippen MR) is 43.3 cm³/mol. The van der Waals surface area contributed by atoms with Gasteiger partial charge >= 0.3 is 0 Å². The van der Waals surface area contributed by atoms with Crippen LogP contribution in [0.3, 0.4) is 0 Å². The smallest absolute Gasteiger partial charge is 0.0687 e. The van der Waals surface area contributed by atoms with E-state index < -0.39 is 0 Å². The van der Waals surface area contributed by atoms with E-state index in [9.17, 15) is 0 Å². The number of hydrogen-bond acceptors (Lipinski definition) is 1. The molecule has 0 amide bonds. The zero-order valence-electron chi connectivity index (χ0n) is 7.18. The topological polar surface area (TPSA) is 9.23 Å². The zero-order valence-corrected chi connectivity index (χ0v) is 7.18. The normalized spacial score (nSPS) is 59.2. The van der Waals surface area contributed by atoms with Gasteiger partial charge in [-0.2, -0.15) is 0 Å². The van der Waals surface area contributed by atoms with Crippen molar-refractivity contribution in [2.24, 2.45) is 17.8 Å². The van der Waals surface area contributed by atoms with E-state index in [0.717, 1.165) is 17.8 Å². The molecule has 4 aliphatic carbocycles. The predicted octanol–water partition coefficient (Wildman–Crippen LogP) is 2.21. The van der Waals surface area contributed by atoms with E-state index >= 15 is 0 Å². The summed E-state index contributed by atoms with van der Waals surface area (Å²) >= 11 is 0. The molecule has 4 bridgehead atoms. The second-order valence-electron chi connectivity index (χ2n) is 4.86. The van der Waals surface area contributed by atoms with Gasteiger partial charge in [-0.25, -0.2) is 0 Å². The van der Waals surface area contributed by atoms with Crippen molar-refractivity contribution in [2.75, 3.05) is 7.11 Å². The molecule has 0 saturated heterocycles. The van der Waals surface area contributed by atoms with Crippen LogP contribution in [0.25, 0.3) is 0 Å². The van der Waals surface area contributed by atoms with Gasteiger partial charge in [-0.3, -0.25) is 0 Å². The van der Waals surface area contributed by atoms with Gasteiger partial charge in [0.15, 0.2) is 0 Å². The lowest BCUT2D eigenvalue weighted by molar-refractivity contribution is -0.0504. The molecule has 4 fully saturated rings. The van der Waals surface area contributed by atoms with Crippen molar-refractivity contribution < 1.29 is 4.74 Å². The van der Waals surface area contributed by atoms with Crippen molar-refractivity contribution in [1.29, 1.82) is 0 Å². The Bertz CT molecular complexity index is 168. The molecule has 1 heteroatoms. The Balaban J connectivity index is 1.94. The Labute approximate surface area is 68.1 Å². The molecule has 2 atom stereocenters. The van der Waals surface area contributed by atoms with Crippen LogP contribution in [0.1, 0.15) is 32.1 Å². The Morgan fingerprint density at radius 2 is 1.73 bits per heavy atom. The Morgan fingerprint density at radius 1 is 1.09 bits per heavy atom. The fourth-order valence-corrected chi connectivity index (χ4v) is 3.99. The molecular weight excluding hydrogens is 136 g/mol. The summed E-state index contributed by atoms with van der Waals surface area (Å²) < 4.78 is 5.67. The average Bonchev–Trinajstić information content (AvgIpc) is 2.40. The van der Waals surface area contributed by atoms with E-state index in [1.54, 1.807) is 0 Å². The summed E-state index contributed by atoms with van der Waals surface area (Å²) in [7, 11) is 1.91. The third-order valence-corrected chi connectivity index (χ3v) is 4.30. The third-order valence-electron chi connectivity index (χ3n) is 4.30. The van der Waals surface area contributed by atoms with Crippen LogP contribution in [0.15, 0.2) is 0 Å². The monoisotopic (exact) mass is 152 g/mol. The molecule has 4 rings (SSSR count). The second kappa shape index (κ2) is 1.82. The molecule has 4 aliphatic rings. The van der Waals surface area contributed by atoms with E-state index in [1.807, 2.05) is 7.11 Å². The summed E-state index contributed by atoms with van der Waals surface area (Å²) in [5.41, 5.74) is 0.358. The SMILES string of the molecule is COC12CC3CC(C1)C(C3)C2. The summed E-state index contributed by atoms with van der Waals surface area (Å²) in [6.07, 6.45) is 7.18. The summed E-state index contributed by atoms with van der Waals surface area (Å²) in [5.74, 6) is 3.13. The van der Waals surface area contributed by atoms with Gasteiger partial charge in [-0.1, -0.05) is 0 Å². The van der Waals surface area contributed by atoms with Crippen molar-refractivity contribution in [3.05, 3.63) is 0 Å². The van der Waals surface area contributed by atoms with Crippen LogP contribution in [0, 0.1) is 17.8 Å². The maximum absolute atomic E-state index is 5.67. The standard InChI is InChI=1S/C10H16O/c1-11-10-4-7-2-8(5-10)9(3-7)6-10/h7-9H,2-6H2,1H3. The van der Waals surface area contributed by atoms with Gasteiger partial charge in [0.2, 0.25) is 0 Å². The van der Waals surface area contributed by atoms with Gasteiger partial charge in [0, 0.05) is 7.11 Å². The van der Waals surface area contributed by atoms with Gasteiger partial charge in [-0.05, 0) is 49.9 Å². The number of rotatable bonds is 1. The largest absolute Gasteiger partial charge is 0.378 e. The van der Waals surface area contributed by atoms with Gasteiger partial charge in [-0.15, -0.1) is 0 Å². The highest BCUT2D eigenvalue weighted by atomic mass is 16.5. The van der Waals surface area contributed by atoms with Crippen LogP contribution >= 0.6 is 0 Å². The minimum atomic E-state index is 0.358. The van der Waals surface area contributed by atoms with Gasteiger partial charge < -0.3 is 4.74 Å². The highest BCUT2D eigenvalue weighted by Crippen LogP contribution is 2.60. The molecule has 4 saturated carbocycles. The van der Waals surface area contributed by atoms with Crippen molar-refractivity contribution in [3.63, 3.8) is 0 Å². The zero-order chi connectivity index (χ0) is 7.47. The Kier molecular flexibility index (Phi) is 1.07. The minimum absolute atomic E-state index is 0.358. The second-order valence-corrected chi connectivity index (χ2v) is 4.86. The minimum Gasteiger partial charge on any atom is -0.378 e. The number of methoxy groups -OCH3 is 1. The van der Waals surface area contributed by atoms with Crippen LogP contribution in [0.5, 0.6) is 0 Å². The first-order valence-corrected chi connectivity index (χ1v) is 4.86. The fraction of sp³-hybridized carbons (Fsp3) is 1.00. The molecule has 0 aliphatic heterocycles. The van der Waals surface area contributed by atoms with E-state index in [1.165, 1.54) is 32.1 Å². The van der Waals surface area contributed by atoms with Gasteiger partial charge in [0.1, 0.15) is 0 Å². The number of hydrogen-bond donors (Lipinski definition) is 0. The first-order chi connectivity index (χ1) is 5.31. The fourth-order valence-electron chi connectivity index (χ4n) is 3.99. The molecular formula is C10H16O. The van der Waals surface area contributed by atoms with Crippen LogP contribution in [0.4, 0.5) is 0 Å². The van der Waals surface area contributed by atoms with Crippen LogP contribution in [-0.4, -0.2) is 12.7 Å². The molecule has 0 aromatic carbocycles. The lowest BCUT2D eigenvalue weighted by Crippen LogP contribution is -2.35. The molecule has 2 unspecified atom stereocenters. The highest BCUT2D eigenvalue weighted by Gasteiger charge is 2.56. The summed E-state index contributed by atoms with van der Waals surface area (Å²) in [6, 6.07) is 0. The van der Waals surface area contributed by atoms with Crippen molar-refractivity contribution in [2.45, 2.75) is 37.7 Å². The van der Waals surface area contributed by atoms with Crippen LogP contribution in [-0.2, 0) is 4.74 Å². The maximum Gasteiger partial charge on any atom is 0.0687 e. The van der Waals surface area contributed by atoms with Crippen LogP contribution in [0.2, 0.25) is 0 Å². The molecule has 0 radical (unpaired) electrons. The van der Waals surface area contributed by atoms with E-state index in [-0.39, 0.29) is 0 Å². The number of ether oxygens (including phenoxy) is 1. The first-order valence-electron chi connectivity index (χ1n) is 4.86. The molecule has 0 spiro atoms. The average molecular weight is 152 g/mol. The molecule has 0 aromatic rings. The lowest BCUT2D eigenvalue weighted by Gasteiger charge is -2.36. The van der Waals surface area contributed by atoms with E-state index in [2.05, 4.69) is 0 Å². The van der Waals surface area contributed by atoms with Gasteiger partial charge in [0.05, 0.1) is 5.60 Å². The van der Waals surface area contributed by atoms with Crippen molar-refractivity contribution in [1.82, 2.24) is 0 Å². The van der Waals surface area contributed by atoms with Gasteiger partial charge in [0.25, 0.3) is 0 Å². The summed E-state index contributed by atoms with van der Waals surface area (Å²) in [6.45, 7) is 0. The quantitative estimate of drug-likeness (QED) is 0.559. The van der Waals surface area contributed by atoms with E-state index in [4.69, 9.17) is 4.74 Å². The van der Waals surface area contributed by atoms with Crippen LogP contribution < -0.4 is 0 Å². The summed E-state index contributed by atoms with van der Waals surface area (Å²) in [4.78, 5) is 0. The highest BCUT2D eigenvalue weighted by molar-refractivity contribution is 5.07. The molecule has 0 N–H and O–H groups in total. The Hall–Kier alpha value is -0.0400. The Morgan fingerprint density at radius 3 is 2.18 bits per heavy atom. The molecule has 1 nitrogen and oxygen atoms in total. The third kappa shape index (κ3) is 0.703. The molecule has 0 aromatic heterocycles. The maximum atomic E-state index is 5.67. The lowest BCUT2D eigenvalue weighted by atomic mass is 9.78. The first kappa shape index (κ1) is 6.47. The van der Waals surface area contributed by atoms with Crippen molar-refractivity contribution in [3.8, 4) is 0 Å². The van der Waals surface area contributed by atoms with Crippen molar-refractivity contribution >= 4 is 0 Å². The van der Waals surface area contributed by atoms with E-state index in [0.29, 0.717) is 5.60 Å². The molecule has 62 valence electrons.